The molecule has 2 saturated heterocycles. The zero-order chi connectivity index (χ0) is 20.5. The average molecular weight is 409 g/mol. The summed E-state index contributed by atoms with van der Waals surface area (Å²) in [6.07, 6.45) is 1.08. The van der Waals surface area contributed by atoms with Crippen LogP contribution in [0.15, 0.2) is 23.1 Å². The molecule has 0 aromatic heterocycles. The Kier molecular flexibility index (Phi) is 6.07. The molecule has 0 aliphatic carbocycles. The first-order chi connectivity index (χ1) is 13.2. The van der Waals surface area contributed by atoms with Crippen molar-refractivity contribution in [2.75, 3.05) is 46.3 Å². The Morgan fingerprint density at radius 1 is 1.04 bits per heavy atom. The summed E-state index contributed by atoms with van der Waals surface area (Å²) in [7, 11) is -1.67. The molecule has 8 nitrogen and oxygen atoms in total. The van der Waals surface area contributed by atoms with Gasteiger partial charge in [-0.3, -0.25) is 9.59 Å². The van der Waals surface area contributed by atoms with E-state index in [2.05, 4.69) is 4.90 Å². The van der Waals surface area contributed by atoms with E-state index < -0.39 is 10.0 Å². The van der Waals surface area contributed by atoms with Gasteiger partial charge in [0.05, 0.1) is 4.90 Å². The molecule has 2 aliphatic rings. The molecule has 28 heavy (non-hydrogen) atoms. The SMILES string of the molecule is Cc1ccc(S(=O)(=O)N2CCN(C)CC2)cc1C(=O)N1CCC(C(N)=O)CC1. The van der Waals surface area contributed by atoms with E-state index in [1.807, 2.05) is 7.05 Å². The van der Waals surface area contributed by atoms with Crippen LogP contribution in [0.5, 0.6) is 0 Å². The van der Waals surface area contributed by atoms with Crippen LogP contribution in [0.1, 0.15) is 28.8 Å². The molecule has 0 saturated carbocycles. The number of hydrogen-bond donors (Lipinski definition) is 1. The molecule has 1 aromatic carbocycles. The third kappa shape index (κ3) is 4.21. The van der Waals surface area contributed by atoms with E-state index in [-0.39, 0.29) is 22.6 Å². The molecule has 0 unspecified atom stereocenters. The second-order valence-electron chi connectivity index (χ2n) is 7.65. The lowest BCUT2D eigenvalue weighted by Gasteiger charge is -2.32. The van der Waals surface area contributed by atoms with Gasteiger partial charge in [0.2, 0.25) is 15.9 Å². The van der Waals surface area contributed by atoms with E-state index in [1.165, 1.54) is 10.4 Å². The van der Waals surface area contributed by atoms with Gasteiger partial charge in [0.15, 0.2) is 0 Å². The van der Waals surface area contributed by atoms with Crippen LogP contribution in [0.2, 0.25) is 0 Å². The second-order valence-corrected chi connectivity index (χ2v) is 9.59. The number of sulfonamides is 1. The van der Waals surface area contributed by atoms with Crippen molar-refractivity contribution in [1.82, 2.24) is 14.1 Å². The molecule has 154 valence electrons. The molecule has 2 heterocycles. The number of rotatable bonds is 4. The van der Waals surface area contributed by atoms with Gasteiger partial charge in [-0.1, -0.05) is 6.07 Å². The molecular formula is C19H28N4O4S. The van der Waals surface area contributed by atoms with Crippen LogP contribution < -0.4 is 5.73 Å². The number of nitrogens with zero attached hydrogens (tertiary/aromatic N) is 3. The van der Waals surface area contributed by atoms with E-state index in [0.29, 0.717) is 57.7 Å². The van der Waals surface area contributed by atoms with E-state index in [0.717, 1.165) is 5.56 Å². The molecule has 2 amide bonds. The third-order valence-electron chi connectivity index (χ3n) is 5.72. The molecule has 2 N–H and O–H groups in total. The Labute approximate surface area is 166 Å². The maximum Gasteiger partial charge on any atom is 0.254 e. The summed E-state index contributed by atoms with van der Waals surface area (Å²) in [5.41, 5.74) is 6.49. The molecule has 3 rings (SSSR count). The number of amides is 2. The highest BCUT2D eigenvalue weighted by Crippen LogP contribution is 2.24. The molecule has 0 atom stereocenters. The summed E-state index contributed by atoms with van der Waals surface area (Å²) in [5, 5.41) is 0. The van der Waals surface area contributed by atoms with Gasteiger partial charge in [0.1, 0.15) is 0 Å². The largest absolute Gasteiger partial charge is 0.369 e. The summed E-state index contributed by atoms with van der Waals surface area (Å²) in [6.45, 7) is 4.95. The first-order valence-corrected chi connectivity index (χ1v) is 11.0. The molecule has 0 spiro atoms. The van der Waals surface area contributed by atoms with Gasteiger partial charge >= 0.3 is 0 Å². The van der Waals surface area contributed by atoms with Crippen LogP contribution in [-0.4, -0.2) is 80.7 Å². The predicted molar refractivity (Wildman–Crippen MR) is 105 cm³/mol. The summed E-state index contributed by atoms with van der Waals surface area (Å²) in [6, 6.07) is 4.75. The average Bonchev–Trinajstić information content (AvgIpc) is 2.68. The number of piperazine rings is 1. The maximum absolute atomic E-state index is 13.0. The summed E-state index contributed by atoms with van der Waals surface area (Å²) in [5.74, 6) is -0.728. The van der Waals surface area contributed by atoms with Crippen molar-refractivity contribution >= 4 is 21.8 Å². The number of piperidine rings is 1. The molecule has 0 bridgehead atoms. The number of carbonyl (C=O) groups excluding carboxylic acids is 2. The van der Waals surface area contributed by atoms with E-state index >= 15 is 0 Å². The molecule has 1 aromatic rings. The van der Waals surface area contributed by atoms with Gasteiger partial charge in [0.25, 0.3) is 5.91 Å². The number of likely N-dealkylation sites (N-methyl/N-ethyl adjacent to an activating group) is 1. The summed E-state index contributed by atoms with van der Waals surface area (Å²) >= 11 is 0. The minimum absolute atomic E-state index is 0.151. The number of likely N-dealkylation sites (tertiary alicyclic amines) is 1. The highest BCUT2D eigenvalue weighted by molar-refractivity contribution is 7.89. The Bertz CT molecular complexity index is 855. The van der Waals surface area contributed by atoms with Crippen molar-refractivity contribution in [1.29, 1.82) is 0 Å². The van der Waals surface area contributed by atoms with Gasteiger partial charge in [-0.15, -0.1) is 0 Å². The number of hydrogen-bond acceptors (Lipinski definition) is 5. The van der Waals surface area contributed by atoms with Gasteiger partial charge in [0, 0.05) is 50.7 Å². The van der Waals surface area contributed by atoms with Crippen LogP contribution in [0.3, 0.4) is 0 Å². The molecule has 0 radical (unpaired) electrons. The Morgan fingerprint density at radius 2 is 1.64 bits per heavy atom. The number of nitrogens with two attached hydrogens (primary N) is 1. The lowest BCUT2D eigenvalue weighted by molar-refractivity contribution is -0.123. The van der Waals surface area contributed by atoms with E-state index in [4.69, 9.17) is 5.73 Å². The van der Waals surface area contributed by atoms with Gasteiger partial charge < -0.3 is 15.5 Å². The standard InChI is InChI=1S/C19H28N4O4S/c1-14-3-4-16(28(26,27)23-11-9-21(2)10-12-23)13-17(14)19(25)22-7-5-15(6-8-22)18(20)24/h3-4,13,15H,5-12H2,1-2H3,(H2,20,24). The minimum atomic E-state index is -3.63. The fourth-order valence-corrected chi connectivity index (χ4v) is 5.16. The highest BCUT2D eigenvalue weighted by atomic mass is 32.2. The van der Waals surface area contributed by atoms with Crippen molar-refractivity contribution in [3.05, 3.63) is 29.3 Å². The summed E-state index contributed by atoms with van der Waals surface area (Å²) < 4.78 is 27.5. The zero-order valence-corrected chi connectivity index (χ0v) is 17.2. The molecular weight excluding hydrogens is 380 g/mol. The fourth-order valence-electron chi connectivity index (χ4n) is 3.71. The molecule has 9 heteroatoms. The maximum atomic E-state index is 13.0. The van der Waals surface area contributed by atoms with Crippen molar-refractivity contribution in [2.24, 2.45) is 11.7 Å². The third-order valence-corrected chi connectivity index (χ3v) is 7.62. The first kappa shape index (κ1) is 20.8. The van der Waals surface area contributed by atoms with Gasteiger partial charge in [-0.05, 0) is 44.5 Å². The van der Waals surface area contributed by atoms with Crippen LogP contribution in [0.25, 0.3) is 0 Å². The monoisotopic (exact) mass is 408 g/mol. The first-order valence-electron chi connectivity index (χ1n) is 9.58. The van der Waals surface area contributed by atoms with E-state index in [1.54, 1.807) is 24.0 Å². The zero-order valence-electron chi connectivity index (χ0n) is 16.4. The molecule has 2 aliphatic heterocycles. The predicted octanol–water partition coefficient (Wildman–Crippen LogP) is 0.269. The number of primary amides is 1. The van der Waals surface area contributed by atoms with Crippen molar-refractivity contribution < 1.29 is 18.0 Å². The molecule has 2 fully saturated rings. The highest BCUT2D eigenvalue weighted by Gasteiger charge is 2.30. The summed E-state index contributed by atoms with van der Waals surface area (Å²) in [4.78, 5) is 28.2. The Hall–Kier alpha value is -1.97. The van der Waals surface area contributed by atoms with Gasteiger partial charge in [-0.2, -0.15) is 4.31 Å². The van der Waals surface area contributed by atoms with Crippen LogP contribution >= 0.6 is 0 Å². The van der Waals surface area contributed by atoms with Crippen LogP contribution in [0.4, 0.5) is 0 Å². The quantitative estimate of drug-likeness (QED) is 0.770. The second kappa shape index (κ2) is 8.18. The number of aryl methyl sites for hydroxylation is 1. The lowest BCUT2D eigenvalue weighted by atomic mass is 9.95. The van der Waals surface area contributed by atoms with Crippen molar-refractivity contribution in [3.63, 3.8) is 0 Å². The normalized spacial score (nSPS) is 20.3. The Morgan fingerprint density at radius 3 is 2.21 bits per heavy atom. The van der Waals surface area contributed by atoms with E-state index in [9.17, 15) is 18.0 Å². The smallest absolute Gasteiger partial charge is 0.254 e. The minimum Gasteiger partial charge on any atom is -0.369 e. The van der Waals surface area contributed by atoms with Crippen LogP contribution in [0, 0.1) is 12.8 Å². The van der Waals surface area contributed by atoms with Crippen LogP contribution in [-0.2, 0) is 14.8 Å². The fraction of sp³-hybridized carbons (Fsp3) is 0.579. The number of benzene rings is 1. The number of carbonyl (C=O) groups is 2. The Balaban J connectivity index is 1.80. The lowest BCUT2D eigenvalue weighted by Crippen LogP contribution is -2.47. The van der Waals surface area contributed by atoms with Crippen molar-refractivity contribution in [2.45, 2.75) is 24.7 Å². The van der Waals surface area contributed by atoms with Crippen molar-refractivity contribution in [3.8, 4) is 0 Å². The van der Waals surface area contributed by atoms with Gasteiger partial charge in [-0.25, -0.2) is 8.42 Å². The topological polar surface area (TPSA) is 104 Å².